The number of carbonyl (C=O) groups excluding carboxylic acids is 2. The van der Waals surface area contributed by atoms with Crippen LogP contribution in [0.1, 0.15) is 29.5 Å². The summed E-state index contributed by atoms with van der Waals surface area (Å²) in [7, 11) is 1.42. The number of hydrogen-bond acceptors (Lipinski definition) is 6. The Labute approximate surface area is 170 Å². The van der Waals surface area contributed by atoms with Gasteiger partial charge in [0.15, 0.2) is 0 Å². The molecule has 0 atom stereocenters. The molecule has 0 unspecified atom stereocenters. The minimum atomic E-state index is -0.165. The topological polar surface area (TPSA) is 62.7 Å². The Morgan fingerprint density at radius 2 is 1.93 bits per heavy atom. The molecule has 3 rings (SSSR count). The molecule has 1 aliphatic heterocycles. The van der Waals surface area contributed by atoms with Crippen LogP contribution in [0, 0.1) is 0 Å². The zero-order chi connectivity index (χ0) is 19.9. The van der Waals surface area contributed by atoms with Crippen LogP contribution in [0.4, 0.5) is 5.69 Å². The van der Waals surface area contributed by atoms with E-state index in [1.54, 1.807) is 18.3 Å². The Morgan fingerprint density at radius 1 is 1.14 bits per heavy atom. The van der Waals surface area contributed by atoms with Gasteiger partial charge in [0.2, 0.25) is 5.91 Å². The molecule has 1 amide bonds. The highest BCUT2D eigenvalue weighted by Crippen LogP contribution is 2.20. The lowest BCUT2D eigenvalue weighted by Crippen LogP contribution is -2.48. The first-order valence-corrected chi connectivity index (χ1v) is 10.5. The minimum absolute atomic E-state index is 0.148. The van der Waals surface area contributed by atoms with Gasteiger partial charge in [-0.05, 0) is 48.4 Å². The Bertz CT molecular complexity index is 795. The van der Waals surface area contributed by atoms with Crippen molar-refractivity contribution in [1.82, 2.24) is 9.88 Å². The van der Waals surface area contributed by atoms with Crippen molar-refractivity contribution in [3.8, 4) is 0 Å². The summed E-state index contributed by atoms with van der Waals surface area (Å²) in [6.45, 7) is 4.87. The van der Waals surface area contributed by atoms with Gasteiger partial charge in [-0.3, -0.25) is 14.6 Å². The van der Waals surface area contributed by atoms with Crippen LogP contribution >= 0.6 is 11.3 Å². The number of amides is 1. The van der Waals surface area contributed by atoms with Crippen molar-refractivity contribution < 1.29 is 14.3 Å². The molecule has 0 N–H and O–H groups in total. The third-order valence-corrected chi connectivity index (χ3v) is 6.13. The predicted molar refractivity (Wildman–Crippen MR) is 111 cm³/mol. The normalized spacial score (nSPS) is 14.2. The standard InChI is InChI=1S/C21H27N3O3S/c1-16(25)23-9-11-24(12-10-23)19-6-5-18(22-14-19)4-3-17-13-20(28-15-17)7-8-21(26)27-2/h5-6,13-15H,3-4,7-12H2,1-2H3. The van der Waals surface area contributed by atoms with Crippen molar-refractivity contribution in [2.45, 2.75) is 32.6 Å². The lowest BCUT2D eigenvalue weighted by Gasteiger charge is -2.35. The average molecular weight is 402 g/mol. The third-order valence-electron chi connectivity index (χ3n) is 5.08. The summed E-state index contributed by atoms with van der Waals surface area (Å²) in [5.41, 5.74) is 3.48. The van der Waals surface area contributed by atoms with Crippen LogP contribution in [0.25, 0.3) is 0 Å². The number of rotatable bonds is 7. The van der Waals surface area contributed by atoms with Crippen molar-refractivity contribution in [2.75, 3.05) is 38.2 Å². The van der Waals surface area contributed by atoms with E-state index in [9.17, 15) is 9.59 Å². The van der Waals surface area contributed by atoms with Gasteiger partial charge in [0.25, 0.3) is 0 Å². The summed E-state index contributed by atoms with van der Waals surface area (Å²) in [6.07, 6.45) is 4.94. The summed E-state index contributed by atoms with van der Waals surface area (Å²) in [4.78, 5) is 32.7. The summed E-state index contributed by atoms with van der Waals surface area (Å²) >= 11 is 1.70. The maximum absolute atomic E-state index is 11.4. The van der Waals surface area contributed by atoms with Crippen LogP contribution in [0.15, 0.2) is 29.8 Å². The van der Waals surface area contributed by atoms with Crippen LogP contribution < -0.4 is 4.90 Å². The maximum atomic E-state index is 11.4. The van der Waals surface area contributed by atoms with E-state index in [1.807, 2.05) is 11.1 Å². The number of anilines is 1. The molecule has 2 aromatic heterocycles. The van der Waals surface area contributed by atoms with Crippen molar-refractivity contribution in [3.05, 3.63) is 45.9 Å². The highest BCUT2D eigenvalue weighted by Gasteiger charge is 2.18. The zero-order valence-corrected chi connectivity index (χ0v) is 17.3. The summed E-state index contributed by atoms with van der Waals surface area (Å²) in [5.74, 6) is -0.0167. The number of aromatic nitrogens is 1. The van der Waals surface area contributed by atoms with Gasteiger partial charge >= 0.3 is 5.97 Å². The first-order chi connectivity index (χ1) is 13.5. The molecule has 0 aliphatic carbocycles. The number of piperazine rings is 1. The van der Waals surface area contributed by atoms with E-state index in [-0.39, 0.29) is 11.9 Å². The smallest absolute Gasteiger partial charge is 0.305 e. The molecular formula is C21H27N3O3S. The minimum Gasteiger partial charge on any atom is -0.469 e. The Kier molecular flexibility index (Phi) is 7.03. The first-order valence-electron chi connectivity index (χ1n) is 9.63. The fourth-order valence-corrected chi connectivity index (χ4v) is 4.25. The lowest BCUT2D eigenvalue weighted by molar-refractivity contribution is -0.140. The van der Waals surface area contributed by atoms with Crippen LogP contribution in [0.5, 0.6) is 0 Å². The molecule has 0 saturated carbocycles. The third kappa shape index (κ3) is 5.55. The second-order valence-electron chi connectivity index (χ2n) is 7.00. The van der Waals surface area contributed by atoms with E-state index in [1.165, 1.54) is 17.6 Å². The highest BCUT2D eigenvalue weighted by molar-refractivity contribution is 7.10. The fraction of sp³-hybridized carbons (Fsp3) is 0.476. The number of esters is 1. The maximum Gasteiger partial charge on any atom is 0.305 e. The number of pyridine rings is 1. The lowest BCUT2D eigenvalue weighted by atomic mass is 10.1. The molecule has 0 aromatic carbocycles. The Hall–Kier alpha value is -2.41. The summed E-state index contributed by atoms with van der Waals surface area (Å²) < 4.78 is 4.69. The number of aryl methyl sites for hydroxylation is 3. The largest absolute Gasteiger partial charge is 0.469 e. The molecule has 1 saturated heterocycles. The van der Waals surface area contributed by atoms with E-state index in [4.69, 9.17) is 0 Å². The van der Waals surface area contributed by atoms with E-state index in [2.05, 4.69) is 38.2 Å². The van der Waals surface area contributed by atoms with Gasteiger partial charge in [-0.2, -0.15) is 0 Å². The Morgan fingerprint density at radius 3 is 2.57 bits per heavy atom. The number of thiophene rings is 1. The van der Waals surface area contributed by atoms with Gasteiger partial charge in [0.05, 0.1) is 25.4 Å². The van der Waals surface area contributed by atoms with E-state index in [0.717, 1.165) is 56.8 Å². The molecule has 0 spiro atoms. The van der Waals surface area contributed by atoms with Crippen LogP contribution in [0.3, 0.4) is 0 Å². The molecule has 150 valence electrons. The van der Waals surface area contributed by atoms with E-state index >= 15 is 0 Å². The van der Waals surface area contributed by atoms with Gasteiger partial charge < -0.3 is 14.5 Å². The molecule has 2 aromatic rings. The molecule has 3 heterocycles. The van der Waals surface area contributed by atoms with Crippen LogP contribution in [0.2, 0.25) is 0 Å². The number of nitrogens with zero attached hydrogens (tertiary/aromatic N) is 3. The van der Waals surface area contributed by atoms with Gasteiger partial charge in [0, 0.05) is 43.7 Å². The summed E-state index contributed by atoms with van der Waals surface area (Å²) in [6, 6.07) is 6.40. The molecule has 1 fully saturated rings. The second kappa shape index (κ2) is 9.68. The van der Waals surface area contributed by atoms with Gasteiger partial charge in [0.1, 0.15) is 0 Å². The van der Waals surface area contributed by atoms with Crippen molar-refractivity contribution in [3.63, 3.8) is 0 Å². The molecule has 0 radical (unpaired) electrons. The van der Waals surface area contributed by atoms with Gasteiger partial charge in [-0.1, -0.05) is 0 Å². The van der Waals surface area contributed by atoms with Crippen molar-refractivity contribution >= 4 is 28.9 Å². The van der Waals surface area contributed by atoms with Gasteiger partial charge in [-0.25, -0.2) is 0 Å². The quantitative estimate of drug-likeness (QED) is 0.668. The molecule has 0 bridgehead atoms. The first kappa shape index (κ1) is 20.3. The Balaban J connectivity index is 1.47. The number of hydrogen-bond donors (Lipinski definition) is 0. The van der Waals surface area contributed by atoms with Crippen molar-refractivity contribution in [2.24, 2.45) is 0 Å². The zero-order valence-electron chi connectivity index (χ0n) is 16.5. The van der Waals surface area contributed by atoms with Crippen LogP contribution in [-0.2, 0) is 33.6 Å². The van der Waals surface area contributed by atoms with E-state index < -0.39 is 0 Å². The number of methoxy groups -OCH3 is 1. The molecular weight excluding hydrogens is 374 g/mol. The van der Waals surface area contributed by atoms with E-state index in [0.29, 0.717) is 6.42 Å². The summed E-state index contributed by atoms with van der Waals surface area (Å²) in [5, 5.41) is 2.16. The predicted octanol–water partition coefficient (Wildman–Crippen LogP) is 2.70. The number of ether oxygens (including phenoxy) is 1. The average Bonchev–Trinajstić information content (AvgIpc) is 3.19. The highest BCUT2D eigenvalue weighted by atomic mass is 32.1. The fourth-order valence-electron chi connectivity index (χ4n) is 3.32. The second-order valence-corrected chi connectivity index (χ2v) is 7.99. The van der Waals surface area contributed by atoms with Crippen LogP contribution in [-0.4, -0.2) is 55.0 Å². The monoisotopic (exact) mass is 401 g/mol. The molecule has 1 aliphatic rings. The SMILES string of the molecule is COC(=O)CCc1cc(CCc2ccc(N3CCN(C(C)=O)CC3)cn2)cs1. The molecule has 6 nitrogen and oxygen atoms in total. The molecule has 7 heteroatoms. The van der Waals surface area contributed by atoms with Crippen molar-refractivity contribution in [1.29, 1.82) is 0 Å². The molecule has 28 heavy (non-hydrogen) atoms. The number of carbonyl (C=O) groups is 2. The van der Waals surface area contributed by atoms with Gasteiger partial charge in [-0.15, -0.1) is 11.3 Å².